The highest BCUT2D eigenvalue weighted by atomic mass is 35.5. The van der Waals surface area contributed by atoms with Crippen LogP contribution in [-0.4, -0.2) is 18.4 Å². The van der Waals surface area contributed by atoms with Crippen LogP contribution in [0, 0.1) is 0 Å². The second-order valence-corrected chi connectivity index (χ2v) is 4.04. The molecule has 0 aliphatic rings. The van der Waals surface area contributed by atoms with Crippen LogP contribution < -0.4 is 4.74 Å². The second kappa shape index (κ2) is 5.56. The van der Waals surface area contributed by atoms with Gasteiger partial charge in [-0.25, -0.2) is 0 Å². The van der Waals surface area contributed by atoms with Crippen molar-refractivity contribution in [2.45, 2.75) is 0 Å². The van der Waals surface area contributed by atoms with Gasteiger partial charge in [-0.3, -0.25) is 4.99 Å². The number of rotatable bonds is 3. The standard InChI is InChI=1S/C14H12ClNO2/c1-18-11-6-7-14(17)10(8-11)9-16-13-5-3-2-4-12(13)15/h2-9,17H,1H3. The molecular weight excluding hydrogens is 250 g/mol. The molecule has 0 spiro atoms. The minimum Gasteiger partial charge on any atom is -0.507 e. The molecule has 0 radical (unpaired) electrons. The van der Waals surface area contributed by atoms with Gasteiger partial charge >= 0.3 is 0 Å². The molecule has 0 amide bonds. The van der Waals surface area contributed by atoms with E-state index in [2.05, 4.69) is 4.99 Å². The number of aliphatic imine (C=N–C) groups is 1. The Hall–Kier alpha value is -2.00. The number of hydrogen-bond acceptors (Lipinski definition) is 3. The number of nitrogens with zero attached hydrogens (tertiary/aromatic N) is 1. The molecule has 0 atom stereocenters. The third kappa shape index (κ3) is 2.81. The van der Waals surface area contributed by atoms with Crippen molar-refractivity contribution in [2.24, 2.45) is 4.99 Å². The lowest BCUT2D eigenvalue weighted by Crippen LogP contribution is -1.87. The van der Waals surface area contributed by atoms with Gasteiger partial charge in [0, 0.05) is 11.8 Å². The zero-order chi connectivity index (χ0) is 13.0. The van der Waals surface area contributed by atoms with Gasteiger partial charge < -0.3 is 9.84 Å². The first-order valence-electron chi connectivity index (χ1n) is 5.36. The van der Waals surface area contributed by atoms with Gasteiger partial charge in [-0.05, 0) is 30.3 Å². The van der Waals surface area contributed by atoms with Gasteiger partial charge in [0.15, 0.2) is 0 Å². The van der Waals surface area contributed by atoms with Gasteiger partial charge in [0.1, 0.15) is 11.5 Å². The zero-order valence-corrected chi connectivity index (χ0v) is 10.6. The number of hydrogen-bond donors (Lipinski definition) is 1. The Kier molecular flexibility index (Phi) is 3.85. The van der Waals surface area contributed by atoms with E-state index in [1.165, 1.54) is 0 Å². The number of benzene rings is 2. The lowest BCUT2D eigenvalue weighted by Gasteiger charge is -2.03. The van der Waals surface area contributed by atoms with Gasteiger partial charge in [0.2, 0.25) is 0 Å². The molecule has 0 bridgehead atoms. The Balaban J connectivity index is 2.31. The molecule has 2 aromatic rings. The summed E-state index contributed by atoms with van der Waals surface area (Å²) in [6, 6.07) is 12.2. The Morgan fingerprint density at radius 2 is 2.00 bits per heavy atom. The third-order valence-electron chi connectivity index (χ3n) is 2.43. The van der Waals surface area contributed by atoms with Crippen LogP contribution in [0.1, 0.15) is 5.56 Å². The van der Waals surface area contributed by atoms with Gasteiger partial charge in [0.25, 0.3) is 0 Å². The van der Waals surface area contributed by atoms with Crippen molar-refractivity contribution in [2.75, 3.05) is 7.11 Å². The summed E-state index contributed by atoms with van der Waals surface area (Å²) in [5.74, 6) is 0.806. The summed E-state index contributed by atoms with van der Waals surface area (Å²) in [4.78, 5) is 4.24. The average molecular weight is 262 g/mol. The minimum atomic E-state index is 0.145. The van der Waals surface area contributed by atoms with E-state index in [9.17, 15) is 5.11 Å². The molecule has 3 nitrogen and oxygen atoms in total. The summed E-state index contributed by atoms with van der Waals surface area (Å²) < 4.78 is 5.09. The maximum absolute atomic E-state index is 9.70. The van der Waals surface area contributed by atoms with Gasteiger partial charge in [-0.2, -0.15) is 0 Å². The van der Waals surface area contributed by atoms with Crippen molar-refractivity contribution in [1.29, 1.82) is 0 Å². The normalized spacial score (nSPS) is 10.8. The van der Waals surface area contributed by atoms with Crippen LogP contribution >= 0.6 is 11.6 Å². The van der Waals surface area contributed by atoms with E-state index < -0.39 is 0 Å². The second-order valence-electron chi connectivity index (χ2n) is 3.63. The summed E-state index contributed by atoms with van der Waals surface area (Å²) in [6.45, 7) is 0. The van der Waals surface area contributed by atoms with Crippen LogP contribution in [0.3, 0.4) is 0 Å². The maximum atomic E-state index is 9.70. The van der Waals surface area contributed by atoms with E-state index in [0.29, 0.717) is 22.0 Å². The van der Waals surface area contributed by atoms with E-state index in [1.807, 2.05) is 12.1 Å². The summed E-state index contributed by atoms with van der Waals surface area (Å²) >= 11 is 5.99. The fourth-order valence-corrected chi connectivity index (χ4v) is 1.64. The minimum absolute atomic E-state index is 0.145. The predicted molar refractivity (Wildman–Crippen MR) is 73.4 cm³/mol. The SMILES string of the molecule is COc1ccc(O)c(C=Nc2ccccc2Cl)c1. The maximum Gasteiger partial charge on any atom is 0.124 e. The largest absolute Gasteiger partial charge is 0.507 e. The quantitative estimate of drug-likeness (QED) is 0.854. The van der Waals surface area contributed by atoms with Crippen LogP contribution in [-0.2, 0) is 0 Å². The number of para-hydroxylation sites is 1. The topological polar surface area (TPSA) is 41.8 Å². The van der Waals surface area contributed by atoms with Gasteiger partial charge in [-0.15, -0.1) is 0 Å². The lowest BCUT2D eigenvalue weighted by molar-refractivity contribution is 0.412. The van der Waals surface area contributed by atoms with Crippen molar-refractivity contribution < 1.29 is 9.84 Å². The number of methoxy groups -OCH3 is 1. The fraction of sp³-hybridized carbons (Fsp3) is 0.0714. The highest BCUT2D eigenvalue weighted by Crippen LogP contribution is 2.25. The molecule has 2 rings (SSSR count). The van der Waals surface area contributed by atoms with E-state index in [0.717, 1.165) is 0 Å². The highest BCUT2D eigenvalue weighted by Gasteiger charge is 2.01. The first-order valence-corrected chi connectivity index (χ1v) is 5.74. The van der Waals surface area contributed by atoms with Crippen molar-refractivity contribution in [1.82, 2.24) is 0 Å². The smallest absolute Gasteiger partial charge is 0.124 e. The van der Waals surface area contributed by atoms with E-state index in [4.69, 9.17) is 16.3 Å². The molecular formula is C14H12ClNO2. The number of phenols is 1. The first kappa shape index (κ1) is 12.5. The molecule has 4 heteroatoms. The van der Waals surface area contributed by atoms with Crippen molar-refractivity contribution in [3.63, 3.8) is 0 Å². The van der Waals surface area contributed by atoms with Crippen LogP contribution in [0.4, 0.5) is 5.69 Å². The molecule has 18 heavy (non-hydrogen) atoms. The van der Waals surface area contributed by atoms with Crippen LogP contribution in [0.15, 0.2) is 47.5 Å². The highest BCUT2D eigenvalue weighted by molar-refractivity contribution is 6.33. The molecule has 92 valence electrons. The van der Waals surface area contributed by atoms with Crippen molar-refractivity contribution in [3.8, 4) is 11.5 Å². The number of phenolic OH excluding ortho intramolecular Hbond substituents is 1. The molecule has 0 saturated heterocycles. The summed E-state index contributed by atoms with van der Waals surface area (Å²) in [6.07, 6.45) is 1.55. The summed E-state index contributed by atoms with van der Waals surface area (Å²) in [5, 5.41) is 10.3. The van der Waals surface area contributed by atoms with Crippen molar-refractivity contribution >= 4 is 23.5 Å². The molecule has 1 N–H and O–H groups in total. The molecule has 0 aliphatic carbocycles. The van der Waals surface area contributed by atoms with Crippen LogP contribution in [0.2, 0.25) is 5.02 Å². The van der Waals surface area contributed by atoms with Crippen LogP contribution in [0.5, 0.6) is 11.5 Å². The molecule has 0 aromatic heterocycles. The zero-order valence-electron chi connectivity index (χ0n) is 9.80. The Morgan fingerprint density at radius 3 is 2.72 bits per heavy atom. The number of ether oxygens (including phenoxy) is 1. The molecule has 0 heterocycles. The van der Waals surface area contributed by atoms with Crippen LogP contribution in [0.25, 0.3) is 0 Å². The van der Waals surface area contributed by atoms with Gasteiger partial charge in [0.05, 0.1) is 17.8 Å². The molecule has 2 aromatic carbocycles. The molecule has 0 aliphatic heterocycles. The number of aromatic hydroxyl groups is 1. The summed E-state index contributed by atoms with van der Waals surface area (Å²) in [5.41, 5.74) is 1.23. The van der Waals surface area contributed by atoms with E-state index in [1.54, 1.807) is 43.7 Å². The van der Waals surface area contributed by atoms with E-state index >= 15 is 0 Å². The summed E-state index contributed by atoms with van der Waals surface area (Å²) in [7, 11) is 1.57. The predicted octanol–water partition coefficient (Wildman–Crippen LogP) is 3.80. The molecule has 0 fully saturated rings. The van der Waals surface area contributed by atoms with E-state index in [-0.39, 0.29) is 5.75 Å². The fourth-order valence-electron chi connectivity index (χ4n) is 1.46. The van der Waals surface area contributed by atoms with Gasteiger partial charge in [-0.1, -0.05) is 23.7 Å². The number of halogens is 1. The Labute approximate surface area is 110 Å². The molecule has 0 saturated carbocycles. The third-order valence-corrected chi connectivity index (χ3v) is 2.75. The van der Waals surface area contributed by atoms with Crippen molar-refractivity contribution in [3.05, 3.63) is 53.1 Å². The average Bonchev–Trinajstić information content (AvgIpc) is 2.39. The Bertz CT molecular complexity index is 582. The monoisotopic (exact) mass is 261 g/mol. The lowest BCUT2D eigenvalue weighted by atomic mass is 10.2. The molecule has 0 unspecified atom stereocenters. The first-order chi connectivity index (χ1) is 8.70. The Morgan fingerprint density at radius 1 is 1.22 bits per heavy atom.